The summed E-state index contributed by atoms with van der Waals surface area (Å²) in [5.74, 6) is 0.939. The van der Waals surface area contributed by atoms with Gasteiger partial charge >= 0.3 is 0 Å². The zero-order valence-corrected chi connectivity index (χ0v) is 18.2. The van der Waals surface area contributed by atoms with Gasteiger partial charge in [-0.3, -0.25) is 9.69 Å². The molecule has 2 aliphatic heterocycles. The first-order valence-electron chi connectivity index (χ1n) is 9.01. The molecule has 2 heterocycles. The number of fused-ring (bicyclic) bond motifs is 1. The van der Waals surface area contributed by atoms with Gasteiger partial charge in [0.1, 0.15) is 17.5 Å². The van der Waals surface area contributed by atoms with Crippen LogP contribution in [0.4, 0.5) is 0 Å². The molecule has 2 atom stereocenters. The van der Waals surface area contributed by atoms with Gasteiger partial charge in [0.2, 0.25) is 15.0 Å². The molecule has 0 spiro atoms. The van der Waals surface area contributed by atoms with Crippen LogP contribution in [-0.2, 0) is 14.6 Å². The topological polar surface area (TPSA) is 83.9 Å². The minimum absolute atomic E-state index is 0.0213. The van der Waals surface area contributed by atoms with Crippen LogP contribution in [0, 0.1) is 0 Å². The Kier molecular flexibility index (Phi) is 5.19. The highest BCUT2D eigenvalue weighted by atomic mass is 35.5. The number of aliphatic hydroxyl groups excluding tert-OH is 1. The molecule has 0 radical (unpaired) electrons. The molecule has 1 fully saturated rings. The van der Waals surface area contributed by atoms with Crippen LogP contribution < -0.4 is 4.74 Å². The second kappa shape index (κ2) is 7.28. The summed E-state index contributed by atoms with van der Waals surface area (Å²) in [6.45, 7) is 3.74. The third-order valence-electron chi connectivity index (χ3n) is 5.24. The van der Waals surface area contributed by atoms with Crippen molar-refractivity contribution >= 4 is 38.3 Å². The van der Waals surface area contributed by atoms with E-state index >= 15 is 0 Å². The van der Waals surface area contributed by atoms with Crippen LogP contribution in [0.2, 0.25) is 5.02 Å². The molecule has 2 aromatic rings. The monoisotopic (exact) mass is 453 g/mol. The number of sulfone groups is 1. The Labute approximate surface area is 178 Å². The molecule has 0 bridgehead atoms. The molecule has 29 heavy (non-hydrogen) atoms. The lowest BCUT2D eigenvalue weighted by molar-refractivity contribution is -0.115. The molecule has 2 aliphatic rings. The van der Waals surface area contributed by atoms with Crippen molar-refractivity contribution in [2.75, 3.05) is 12.4 Å². The van der Waals surface area contributed by atoms with Crippen molar-refractivity contribution in [2.45, 2.75) is 41.4 Å². The van der Waals surface area contributed by atoms with E-state index in [1.165, 1.54) is 48.2 Å². The molecule has 6 nitrogen and oxygen atoms in total. The van der Waals surface area contributed by atoms with E-state index in [1.807, 2.05) is 4.90 Å². The highest BCUT2D eigenvalue weighted by Gasteiger charge is 2.47. The maximum Gasteiger partial charge on any atom is 0.206 e. The SMILES string of the molecule is CC1(C)Oc2ccc(S(=O)(=O)c3ccc(Cl)cc3)cc2C(N2CSC(=O)C2)C1O. The lowest BCUT2D eigenvalue weighted by Gasteiger charge is -2.45. The zero-order chi connectivity index (χ0) is 21.0. The van der Waals surface area contributed by atoms with Gasteiger partial charge in [-0.25, -0.2) is 8.42 Å². The normalized spacial score (nSPS) is 24.2. The van der Waals surface area contributed by atoms with E-state index in [0.717, 1.165) is 0 Å². The van der Waals surface area contributed by atoms with Crippen molar-refractivity contribution in [3.8, 4) is 5.75 Å². The number of rotatable bonds is 3. The van der Waals surface area contributed by atoms with Gasteiger partial charge in [0.15, 0.2) is 0 Å². The molecule has 2 unspecified atom stereocenters. The van der Waals surface area contributed by atoms with Crippen molar-refractivity contribution in [1.82, 2.24) is 4.90 Å². The molecule has 0 amide bonds. The van der Waals surface area contributed by atoms with Crippen LogP contribution in [0.5, 0.6) is 5.75 Å². The van der Waals surface area contributed by atoms with Crippen LogP contribution in [0.25, 0.3) is 0 Å². The van der Waals surface area contributed by atoms with E-state index in [1.54, 1.807) is 19.9 Å². The van der Waals surface area contributed by atoms with Crippen LogP contribution in [-0.4, -0.2) is 47.7 Å². The van der Waals surface area contributed by atoms with Gasteiger partial charge in [-0.2, -0.15) is 0 Å². The second-order valence-electron chi connectivity index (χ2n) is 7.64. The van der Waals surface area contributed by atoms with Gasteiger partial charge in [0.25, 0.3) is 0 Å². The quantitative estimate of drug-likeness (QED) is 0.763. The van der Waals surface area contributed by atoms with Crippen molar-refractivity contribution in [2.24, 2.45) is 0 Å². The highest BCUT2D eigenvalue weighted by Crippen LogP contribution is 2.45. The predicted octanol–water partition coefficient (Wildman–Crippen LogP) is 3.28. The zero-order valence-electron chi connectivity index (χ0n) is 15.8. The standard InChI is InChI=1S/C20H20ClNO5S2/c1-20(2)19(24)18(22-10-17(23)28-11-22)15-9-14(7-8-16(15)27-20)29(25,26)13-5-3-12(21)4-6-13/h3-9,18-19,24H,10-11H2,1-2H3. The average molecular weight is 454 g/mol. The number of benzene rings is 2. The third kappa shape index (κ3) is 3.68. The Morgan fingerprint density at radius 2 is 1.83 bits per heavy atom. The van der Waals surface area contributed by atoms with E-state index in [9.17, 15) is 18.3 Å². The lowest BCUT2D eigenvalue weighted by Crippen LogP contribution is -2.53. The molecule has 0 aromatic heterocycles. The van der Waals surface area contributed by atoms with Gasteiger partial charge < -0.3 is 9.84 Å². The van der Waals surface area contributed by atoms with E-state index in [-0.39, 0.29) is 21.5 Å². The molecule has 4 rings (SSSR count). The van der Waals surface area contributed by atoms with Crippen LogP contribution in [0.15, 0.2) is 52.3 Å². The molecule has 0 saturated carbocycles. The van der Waals surface area contributed by atoms with Crippen molar-refractivity contribution < 1.29 is 23.1 Å². The van der Waals surface area contributed by atoms with Crippen molar-refractivity contribution in [3.05, 3.63) is 53.1 Å². The molecule has 9 heteroatoms. The fourth-order valence-electron chi connectivity index (χ4n) is 3.65. The number of thioether (sulfide) groups is 1. The Morgan fingerprint density at radius 3 is 2.45 bits per heavy atom. The summed E-state index contributed by atoms with van der Waals surface area (Å²) < 4.78 is 32.2. The van der Waals surface area contributed by atoms with Crippen molar-refractivity contribution in [1.29, 1.82) is 0 Å². The van der Waals surface area contributed by atoms with Gasteiger partial charge in [-0.05, 0) is 56.3 Å². The summed E-state index contributed by atoms with van der Waals surface area (Å²) in [7, 11) is -3.78. The van der Waals surface area contributed by atoms with E-state index in [0.29, 0.717) is 22.2 Å². The molecular weight excluding hydrogens is 434 g/mol. The van der Waals surface area contributed by atoms with Crippen molar-refractivity contribution in [3.63, 3.8) is 0 Å². The van der Waals surface area contributed by atoms with Gasteiger partial charge in [-0.15, -0.1) is 0 Å². The first-order chi connectivity index (χ1) is 13.6. The van der Waals surface area contributed by atoms with Gasteiger partial charge in [0, 0.05) is 10.6 Å². The lowest BCUT2D eigenvalue weighted by atomic mass is 9.86. The molecule has 2 aromatic carbocycles. The number of halogens is 1. The number of nitrogens with zero attached hydrogens (tertiary/aromatic N) is 1. The van der Waals surface area contributed by atoms with Gasteiger partial charge in [-0.1, -0.05) is 23.4 Å². The number of ether oxygens (including phenoxy) is 1. The summed E-state index contributed by atoms with van der Waals surface area (Å²) in [4.78, 5) is 13.9. The molecule has 154 valence electrons. The minimum atomic E-state index is -3.78. The molecule has 0 aliphatic carbocycles. The number of carbonyl (C=O) groups is 1. The summed E-state index contributed by atoms with van der Waals surface area (Å²) >= 11 is 7.06. The average Bonchev–Trinajstić information content (AvgIpc) is 3.08. The van der Waals surface area contributed by atoms with E-state index < -0.39 is 27.6 Å². The van der Waals surface area contributed by atoms with Crippen LogP contribution in [0.3, 0.4) is 0 Å². The Balaban J connectivity index is 1.81. The van der Waals surface area contributed by atoms with Crippen LogP contribution in [0.1, 0.15) is 25.5 Å². The first kappa shape index (κ1) is 20.7. The summed E-state index contributed by atoms with van der Waals surface area (Å²) in [6.07, 6.45) is -0.935. The number of aliphatic hydroxyl groups is 1. The summed E-state index contributed by atoms with van der Waals surface area (Å²) in [6, 6.07) is 10.1. The van der Waals surface area contributed by atoms with Crippen LogP contribution >= 0.6 is 23.4 Å². The maximum absolute atomic E-state index is 13.1. The summed E-state index contributed by atoms with van der Waals surface area (Å²) in [5.41, 5.74) is -0.327. The Bertz CT molecular complexity index is 1070. The van der Waals surface area contributed by atoms with E-state index in [2.05, 4.69) is 0 Å². The Morgan fingerprint density at radius 1 is 1.17 bits per heavy atom. The minimum Gasteiger partial charge on any atom is -0.485 e. The van der Waals surface area contributed by atoms with E-state index in [4.69, 9.17) is 16.3 Å². The maximum atomic E-state index is 13.1. The largest absolute Gasteiger partial charge is 0.485 e. The second-order valence-corrected chi connectivity index (χ2v) is 11.0. The molecule has 1 N–H and O–H groups in total. The number of hydrogen-bond acceptors (Lipinski definition) is 7. The smallest absolute Gasteiger partial charge is 0.206 e. The highest BCUT2D eigenvalue weighted by molar-refractivity contribution is 8.14. The Hall–Kier alpha value is -1.58. The molecule has 1 saturated heterocycles. The van der Waals surface area contributed by atoms with Gasteiger partial charge in [0.05, 0.1) is 28.3 Å². The molecular formula is C20H20ClNO5S2. The first-order valence-corrected chi connectivity index (χ1v) is 11.9. The predicted molar refractivity (Wildman–Crippen MR) is 111 cm³/mol. The fourth-order valence-corrected chi connectivity index (χ4v) is 5.89. The number of carbonyl (C=O) groups excluding carboxylic acids is 1. The summed E-state index contributed by atoms with van der Waals surface area (Å²) in [5, 5.41) is 11.4. The fraction of sp³-hybridized carbons (Fsp3) is 0.350. The number of hydrogen-bond donors (Lipinski definition) is 1. The third-order valence-corrected chi connectivity index (χ3v) is 8.17.